The summed E-state index contributed by atoms with van der Waals surface area (Å²) in [4.78, 5) is 12.4. The number of carbonyl (C=O) groups excluding carboxylic acids is 1. The van der Waals surface area contributed by atoms with E-state index in [2.05, 4.69) is 51.7 Å². The molecule has 1 aliphatic rings. The van der Waals surface area contributed by atoms with E-state index in [0.717, 1.165) is 28.1 Å². The zero-order valence-electron chi connectivity index (χ0n) is 17.3. The van der Waals surface area contributed by atoms with E-state index in [4.69, 9.17) is 0 Å². The van der Waals surface area contributed by atoms with E-state index in [0.29, 0.717) is 11.0 Å². The third-order valence-corrected chi connectivity index (χ3v) is 7.25. The summed E-state index contributed by atoms with van der Waals surface area (Å²) < 4.78 is 2.04. The third kappa shape index (κ3) is 4.89. The van der Waals surface area contributed by atoms with E-state index < -0.39 is 0 Å². The molecule has 0 saturated heterocycles. The lowest BCUT2D eigenvalue weighted by Crippen LogP contribution is -2.14. The normalized spacial score (nSPS) is 14.7. The number of hydrogen-bond acceptors (Lipinski definition) is 7. The number of carbonyl (C=O) groups is 1. The van der Waals surface area contributed by atoms with Crippen LogP contribution in [0.4, 0.5) is 5.13 Å². The molecule has 1 aliphatic carbocycles. The summed E-state index contributed by atoms with van der Waals surface area (Å²) in [6.45, 7) is 4.85. The molecule has 0 unspecified atom stereocenters. The average Bonchev–Trinajstić information content (AvgIpc) is 3.39. The minimum atomic E-state index is -0.103. The van der Waals surface area contributed by atoms with Crippen LogP contribution in [-0.2, 0) is 11.3 Å². The number of amides is 1. The van der Waals surface area contributed by atoms with Crippen molar-refractivity contribution in [2.24, 2.45) is 0 Å². The van der Waals surface area contributed by atoms with Crippen LogP contribution in [0.1, 0.15) is 55.5 Å². The van der Waals surface area contributed by atoms with Crippen molar-refractivity contribution in [3.05, 3.63) is 34.8 Å². The lowest BCUT2D eigenvalue weighted by Gasteiger charge is -2.18. The molecule has 0 spiro atoms. The van der Waals surface area contributed by atoms with E-state index in [-0.39, 0.29) is 11.7 Å². The van der Waals surface area contributed by atoms with Crippen LogP contribution in [0.5, 0.6) is 0 Å². The summed E-state index contributed by atoms with van der Waals surface area (Å²) in [5, 5.41) is 22.4. The number of nitrogens with one attached hydrogen (secondary N) is 1. The van der Waals surface area contributed by atoms with Crippen LogP contribution in [0, 0.1) is 6.92 Å². The molecule has 30 heavy (non-hydrogen) atoms. The molecular formula is C21H26N6OS2. The molecule has 3 aromatic rings. The van der Waals surface area contributed by atoms with Gasteiger partial charge in [-0.2, -0.15) is 0 Å². The van der Waals surface area contributed by atoms with Crippen molar-refractivity contribution in [2.75, 3.05) is 11.1 Å². The first-order valence-electron chi connectivity index (χ1n) is 10.4. The summed E-state index contributed by atoms with van der Waals surface area (Å²) >= 11 is 2.89. The van der Waals surface area contributed by atoms with E-state index in [9.17, 15) is 4.79 Å². The lowest BCUT2D eigenvalue weighted by atomic mass is 9.90. The number of nitrogens with zero attached hydrogens (tertiary/aromatic N) is 5. The van der Waals surface area contributed by atoms with Gasteiger partial charge in [-0.3, -0.25) is 10.1 Å². The Morgan fingerprint density at radius 2 is 2.03 bits per heavy atom. The van der Waals surface area contributed by atoms with Crippen molar-refractivity contribution in [3.8, 4) is 11.4 Å². The number of aryl methyl sites for hydroxylation is 1. The quantitative estimate of drug-likeness (QED) is 0.524. The first-order chi connectivity index (χ1) is 14.6. The van der Waals surface area contributed by atoms with E-state index >= 15 is 0 Å². The predicted molar refractivity (Wildman–Crippen MR) is 121 cm³/mol. The second-order valence-electron chi connectivity index (χ2n) is 7.54. The predicted octanol–water partition coefficient (Wildman–Crippen LogP) is 4.90. The van der Waals surface area contributed by atoms with Crippen molar-refractivity contribution in [1.82, 2.24) is 25.0 Å². The molecule has 0 aliphatic heterocycles. The zero-order chi connectivity index (χ0) is 20.9. The topological polar surface area (TPSA) is 85.6 Å². The van der Waals surface area contributed by atoms with Crippen molar-refractivity contribution < 1.29 is 4.79 Å². The van der Waals surface area contributed by atoms with Crippen LogP contribution in [0.25, 0.3) is 11.4 Å². The summed E-state index contributed by atoms with van der Waals surface area (Å²) in [5.41, 5.74) is 2.21. The molecule has 158 valence electrons. The van der Waals surface area contributed by atoms with Gasteiger partial charge in [0, 0.05) is 18.0 Å². The van der Waals surface area contributed by atoms with Crippen LogP contribution < -0.4 is 5.32 Å². The van der Waals surface area contributed by atoms with Gasteiger partial charge in [-0.25, -0.2) is 0 Å². The van der Waals surface area contributed by atoms with Gasteiger partial charge in [0.2, 0.25) is 11.0 Å². The highest BCUT2D eigenvalue weighted by atomic mass is 32.2. The van der Waals surface area contributed by atoms with Gasteiger partial charge in [0.15, 0.2) is 11.0 Å². The average molecular weight is 443 g/mol. The maximum absolute atomic E-state index is 12.4. The Kier molecular flexibility index (Phi) is 6.79. The summed E-state index contributed by atoms with van der Waals surface area (Å²) in [6.07, 6.45) is 6.17. The van der Waals surface area contributed by atoms with Crippen LogP contribution in [0.2, 0.25) is 0 Å². The highest BCUT2D eigenvalue weighted by Gasteiger charge is 2.20. The molecule has 7 nitrogen and oxygen atoms in total. The van der Waals surface area contributed by atoms with Gasteiger partial charge in [-0.1, -0.05) is 66.1 Å². The molecule has 1 amide bonds. The van der Waals surface area contributed by atoms with Gasteiger partial charge in [-0.05, 0) is 32.8 Å². The van der Waals surface area contributed by atoms with Crippen LogP contribution in [0.15, 0.2) is 29.4 Å². The third-order valence-electron chi connectivity index (χ3n) is 5.28. The number of anilines is 1. The standard InChI is InChI=1S/C21H26N6OS2/c1-3-27-18(16-11-7-8-14(2)12-16)23-26-21(27)29-13-17(28)22-20-25-24-19(30-20)15-9-5-4-6-10-15/h7-8,11-12,15H,3-6,9-10,13H2,1-2H3,(H,22,25,28). The van der Waals surface area contributed by atoms with Gasteiger partial charge in [0.05, 0.1) is 5.75 Å². The van der Waals surface area contributed by atoms with Crippen molar-refractivity contribution in [1.29, 1.82) is 0 Å². The molecule has 0 bridgehead atoms. The van der Waals surface area contributed by atoms with Crippen LogP contribution in [0.3, 0.4) is 0 Å². The Balaban J connectivity index is 1.37. The fourth-order valence-electron chi connectivity index (χ4n) is 3.76. The molecule has 2 heterocycles. The molecule has 1 aromatic carbocycles. The number of hydrogen-bond donors (Lipinski definition) is 1. The maximum Gasteiger partial charge on any atom is 0.236 e. The molecule has 0 radical (unpaired) electrons. The van der Waals surface area contributed by atoms with Crippen LogP contribution >= 0.6 is 23.1 Å². The van der Waals surface area contributed by atoms with E-state index in [1.54, 1.807) is 0 Å². The summed E-state index contributed by atoms with van der Waals surface area (Å²) in [5.74, 6) is 1.48. The Bertz CT molecular complexity index is 1010. The molecule has 9 heteroatoms. The second-order valence-corrected chi connectivity index (χ2v) is 9.49. The smallest absolute Gasteiger partial charge is 0.236 e. The fraction of sp³-hybridized carbons (Fsp3) is 0.476. The number of thioether (sulfide) groups is 1. The van der Waals surface area contributed by atoms with Gasteiger partial charge < -0.3 is 4.57 Å². The molecule has 4 rings (SSSR count). The van der Waals surface area contributed by atoms with Gasteiger partial charge in [0.1, 0.15) is 5.01 Å². The maximum atomic E-state index is 12.4. The lowest BCUT2D eigenvalue weighted by molar-refractivity contribution is -0.113. The SMILES string of the molecule is CCn1c(SCC(=O)Nc2nnc(C3CCCCC3)s2)nnc1-c1cccc(C)c1. The van der Waals surface area contributed by atoms with Crippen LogP contribution in [-0.4, -0.2) is 36.6 Å². The molecule has 1 fully saturated rings. The Morgan fingerprint density at radius 1 is 1.20 bits per heavy atom. The van der Waals surface area contributed by atoms with E-state index in [1.807, 2.05) is 16.7 Å². The number of benzene rings is 1. The molecule has 2 aromatic heterocycles. The monoisotopic (exact) mass is 442 g/mol. The summed E-state index contributed by atoms with van der Waals surface area (Å²) in [7, 11) is 0. The highest BCUT2D eigenvalue weighted by Crippen LogP contribution is 2.35. The fourth-order valence-corrected chi connectivity index (χ4v) is 5.49. The van der Waals surface area contributed by atoms with E-state index in [1.165, 1.54) is 60.8 Å². The first kappa shape index (κ1) is 21.0. The largest absolute Gasteiger partial charge is 0.302 e. The molecule has 0 atom stereocenters. The minimum Gasteiger partial charge on any atom is -0.302 e. The van der Waals surface area contributed by atoms with Crippen molar-refractivity contribution in [2.45, 2.75) is 63.6 Å². The Labute approximate surface area is 184 Å². The Hall–Kier alpha value is -2.26. The molecular weight excluding hydrogens is 416 g/mol. The first-order valence-corrected chi connectivity index (χ1v) is 12.2. The number of rotatable bonds is 7. The van der Waals surface area contributed by atoms with Crippen molar-refractivity contribution >= 4 is 34.1 Å². The minimum absolute atomic E-state index is 0.103. The van der Waals surface area contributed by atoms with Crippen molar-refractivity contribution in [3.63, 3.8) is 0 Å². The Morgan fingerprint density at radius 3 is 2.80 bits per heavy atom. The van der Waals surface area contributed by atoms with Gasteiger partial charge in [-0.15, -0.1) is 20.4 Å². The molecule has 1 saturated carbocycles. The second kappa shape index (κ2) is 9.70. The highest BCUT2D eigenvalue weighted by molar-refractivity contribution is 7.99. The number of aromatic nitrogens is 5. The summed E-state index contributed by atoms with van der Waals surface area (Å²) in [6, 6.07) is 8.20. The van der Waals surface area contributed by atoms with Gasteiger partial charge >= 0.3 is 0 Å². The zero-order valence-corrected chi connectivity index (χ0v) is 18.9. The molecule has 1 N–H and O–H groups in total. The van der Waals surface area contributed by atoms with Gasteiger partial charge in [0.25, 0.3) is 0 Å².